The van der Waals surface area contributed by atoms with Crippen LogP contribution in [-0.2, 0) is 4.79 Å². The van der Waals surface area contributed by atoms with E-state index in [-0.39, 0.29) is 23.6 Å². The van der Waals surface area contributed by atoms with Crippen LogP contribution in [0.5, 0.6) is 0 Å². The summed E-state index contributed by atoms with van der Waals surface area (Å²) in [5, 5.41) is 5.57. The largest absolute Gasteiger partial charge is 0.378 e. The van der Waals surface area contributed by atoms with Gasteiger partial charge in [0.05, 0.1) is 0 Å². The lowest BCUT2D eigenvalue weighted by Crippen LogP contribution is -2.38. The number of carbonyl (C=O) groups excluding carboxylic acids is 2. The summed E-state index contributed by atoms with van der Waals surface area (Å²) in [4.78, 5) is 27.1. The summed E-state index contributed by atoms with van der Waals surface area (Å²) < 4.78 is 0. The summed E-state index contributed by atoms with van der Waals surface area (Å²) in [6.07, 6.45) is 1.68. The molecule has 0 unspecified atom stereocenters. The molecule has 5 heteroatoms. The molecule has 0 aliphatic carbocycles. The predicted octanol–water partition coefficient (Wildman–Crippen LogP) is 3.36. The third-order valence-corrected chi connectivity index (χ3v) is 3.95. The minimum atomic E-state index is -0.317. The van der Waals surface area contributed by atoms with Gasteiger partial charge in [-0.2, -0.15) is 0 Å². The summed E-state index contributed by atoms with van der Waals surface area (Å²) >= 11 is 0. The van der Waals surface area contributed by atoms with Gasteiger partial charge in [-0.05, 0) is 56.7 Å². The first-order valence-electron chi connectivity index (χ1n) is 8.94. The van der Waals surface area contributed by atoms with Crippen LogP contribution in [0.15, 0.2) is 54.2 Å². The van der Waals surface area contributed by atoms with Gasteiger partial charge >= 0.3 is 0 Å². The van der Waals surface area contributed by atoms with E-state index >= 15 is 0 Å². The molecule has 2 amide bonds. The Morgan fingerprint density at radius 1 is 0.963 bits per heavy atom. The molecule has 0 aliphatic rings. The van der Waals surface area contributed by atoms with Crippen LogP contribution in [0.1, 0.15) is 35.3 Å². The van der Waals surface area contributed by atoms with E-state index in [0.717, 1.165) is 16.8 Å². The van der Waals surface area contributed by atoms with Crippen molar-refractivity contribution in [3.05, 3.63) is 70.9 Å². The molecule has 142 valence electrons. The van der Waals surface area contributed by atoms with Gasteiger partial charge in [0.25, 0.3) is 11.8 Å². The zero-order chi connectivity index (χ0) is 20.0. The quantitative estimate of drug-likeness (QED) is 0.772. The van der Waals surface area contributed by atoms with E-state index < -0.39 is 0 Å². The van der Waals surface area contributed by atoms with Crippen molar-refractivity contribution in [1.29, 1.82) is 0 Å². The Hall–Kier alpha value is -3.08. The average Bonchev–Trinajstić information content (AvgIpc) is 2.61. The number of amides is 2. The number of hydrogen-bond donors (Lipinski definition) is 2. The minimum absolute atomic E-state index is 0.0340. The molecule has 0 spiro atoms. The molecule has 0 heterocycles. The van der Waals surface area contributed by atoms with E-state index in [9.17, 15) is 9.59 Å². The third kappa shape index (κ3) is 5.99. The molecular formula is C22H27N3O2. The number of nitrogens with zero attached hydrogens (tertiary/aromatic N) is 1. The van der Waals surface area contributed by atoms with E-state index in [2.05, 4.69) is 10.6 Å². The van der Waals surface area contributed by atoms with Crippen LogP contribution in [0.2, 0.25) is 0 Å². The summed E-state index contributed by atoms with van der Waals surface area (Å²) in [6.45, 7) is 5.72. The molecule has 5 nitrogen and oxygen atoms in total. The fourth-order valence-corrected chi connectivity index (χ4v) is 2.43. The first-order chi connectivity index (χ1) is 12.8. The molecule has 0 atom stereocenters. The molecule has 0 saturated carbocycles. The maximum atomic E-state index is 12.6. The standard InChI is InChI=1S/C22H27N3O2/c1-15(2)23-22(27)20(14-17-8-12-19(13-9-17)25(4)5)24-21(26)18-10-6-16(3)7-11-18/h6-15H,1-5H3,(H,23,27)(H,24,26)/b20-14-. The van der Waals surface area contributed by atoms with Gasteiger partial charge in [0, 0.05) is 31.4 Å². The minimum Gasteiger partial charge on any atom is -0.378 e. The van der Waals surface area contributed by atoms with E-state index in [1.54, 1.807) is 18.2 Å². The fraction of sp³-hybridized carbons (Fsp3) is 0.273. The maximum Gasteiger partial charge on any atom is 0.268 e. The molecule has 27 heavy (non-hydrogen) atoms. The van der Waals surface area contributed by atoms with Crippen molar-refractivity contribution in [2.45, 2.75) is 26.8 Å². The molecule has 0 fully saturated rings. The molecule has 0 radical (unpaired) electrons. The van der Waals surface area contributed by atoms with E-state index in [1.807, 2.05) is 76.2 Å². The summed E-state index contributed by atoms with van der Waals surface area (Å²) in [7, 11) is 3.93. The summed E-state index contributed by atoms with van der Waals surface area (Å²) in [6, 6.07) is 14.9. The Morgan fingerprint density at radius 2 is 1.56 bits per heavy atom. The lowest BCUT2D eigenvalue weighted by Gasteiger charge is -2.14. The van der Waals surface area contributed by atoms with Gasteiger partial charge in [0.1, 0.15) is 5.70 Å². The highest BCUT2D eigenvalue weighted by atomic mass is 16.2. The molecule has 0 aliphatic heterocycles. The Labute approximate surface area is 161 Å². The first kappa shape index (κ1) is 20.2. The highest BCUT2D eigenvalue weighted by molar-refractivity contribution is 6.05. The second-order valence-corrected chi connectivity index (χ2v) is 6.99. The van der Waals surface area contributed by atoms with E-state index in [1.165, 1.54) is 0 Å². The van der Waals surface area contributed by atoms with Gasteiger partial charge in [0.2, 0.25) is 0 Å². The highest BCUT2D eigenvalue weighted by Gasteiger charge is 2.15. The SMILES string of the molecule is Cc1ccc(C(=O)N/C(=C\c2ccc(N(C)C)cc2)C(=O)NC(C)C)cc1. The van der Waals surface area contributed by atoms with Crippen LogP contribution in [-0.4, -0.2) is 32.0 Å². The second-order valence-electron chi connectivity index (χ2n) is 6.99. The maximum absolute atomic E-state index is 12.6. The average molecular weight is 365 g/mol. The Bertz CT molecular complexity index is 820. The number of hydrogen-bond acceptors (Lipinski definition) is 3. The lowest BCUT2D eigenvalue weighted by atomic mass is 10.1. The van der Waals surface area contributed by atoms with Gasteiger partial charge in [-0.1, -0.05) is 29.8 Å². The summed E-state index contributed by atoms with van der Waals surface area (Å²) in [5.41, 5.74) is 3.68. The van der Waals surface area contributed by atoms with Gasteiger partial charge in [-0.15, -0.1) is 0 Å². The third-order valence-electron chi connectivity index (χ3n) is 3.95. The topological polar surface area (TPSA) is 61.4 Å². The number of benzene rings is 2. The Kier molecular flexibility index (Phi) is 6.77. The molecule has 2 aromatic carbocycles. The number of aryl methyl sites for hydroxylation is 1. The molecule has 0 saturated heterocycles. The molecule has 2 aromatic rings. The molecule has 0 aromatic heterocycles. The predicted molar refractivity (Wildman–Crippen MR) is 111 cm³/mol. The van der Waals surface area contributed by atoms with Crippen LogP contribution in [0.25, 0.3) is 6.08 Å². The van der Waals surface area contributed by atoms with Crippen molar-refractivity contribution >= 4 is 23.6 Å². The number of anilines is 1. The van der Waals surface area contributed by atoms with E-state index in [0.29, 0.717) is 5.56 Å². The van der Waals surface area contributed by atoms with Crippen LogP contribution in [0, 0.1) is 6.92 Å². The molecule has 2 rings (SSSR count). The second kappa shape index (κ2) is 9.03. The molecule has 0 bridgehead atoms. The first-order valence-corrected chi connectivity index (χ1v) is 8.94. The van der Waals surface area contributed by atoms with Crippen molar-refractivity contribution in [1.82, 2.24) is 10.6 Å². The van der Waals surface area contributed by atoms with Gasteiger partial charge < -0.3 is 15.5 Å². The summed E-state index contributed by atoms with van der Waals surface area (Å²) in [5.74, 6) is -0.632. The van der Waals surface area contributed by atoms with E-state index in [4.69, 9.17) is 0 Å². The Balaban J connectivity index is 2.28. The van der Waals surface area contributed by atoms with Crippen molar-refractivity contribution in [3.63, 3.8) is 0 Å². The van der Waals surface area contributed by atoms with Crippen molar-refractivity contribution in [3.8, 4) is 0 Å². The Morgan fingerprint density at radius 3 is 2.07 bits per heavy atom. The van der Waals surface area contributed by atoms with Crippen LogP contribution < -0.4 is 15.5 Å². The van der Waals surface area contributed by atoms with Crippen molar-refractivity contribution in [2.24, 2.45) is 0 Å². The van der Waals surface area contributed by atoms with Crippen LogP contribution in [0.4, 0.5) is 5.69 Å². The molecular weight excluding hydrogens is 338 g/mol. The van der Waals surface area contributed by atoms with Crippen molar-refractivity contribution in [2.75, 3.05) is 19.0 Å². The van der Waals surface area contributed by atoms with Gasteiger partial charge in [0.15, 0.2) is 0 Å². The van der Waals surface area contributed by atoms with Crippen molar-refractivity contribution < 1.29 is 9.59 Å². The lowest BCUT2D eigenvalue weighted by molar-refractivity contribution is -0.118. The van der Waals surface area contributed by atoms with Gasteiger partial charge in [-0.25, -0.2) is 0 Å². The zero-order valence-corrected chi connectivity index (χ0v) is 16.5. The van der Waals surface area contributed by atoms with Crippen LogP contribution >= 0.6 is 0 Å². The number of carbonyl (C=O) groups is 2. The molecule has 2 N–H and O–H groups in total. The van der Waals surface area contributed by atoms with Crippen LogP contribution in [0.3, 0.4) is 0 Å². The fourth-order valence-electron chi connectivity index (χ4n) is 2.43. The monoisotopic (exact) mass is 365 g/mol. The normalized spacial score (nSPS) is 11.3. The van der Waals surface area contributed by atoms with Gasteiger partial charge in [-0.3, -0.25) is 9.59 Å². The number of rotatable bonds is 6. The smallest absolute Gasteiger partial charge is 0.268 e. The number of nitrogens with one attached hydrogen (secondary N) is 2. The zero-order valence-electron chi connectivity index (χ0n) is 16.5. The highest BCUT2D eigenvalue weighted by Crippen LogP contribution is 2.15.